The third-order valence-electron chi connectivity index (χ3n) is 4.49. The molecule has 1 aliphatic rings. The summed E-state index contributed by atoms with van der Waals surface area (Å²) in [6.07, 6.45) is 0.469. The molecule has 1 fully saturated rings. The Morgan fingerprint density at radius 3 is 2.48 bits per heavy atom. The second-order valence-electron chi connectivity index (χ2n) is 6.35. The van der Waals surface area contributed by atoms with Gasteiger partial charge in [-0.1, -0.05) is 23.4 Å². The Kier molecular flexibility index (Phi) is 4.39. The Bertz CT molecular complexity index is 968. The molecule has 0 saturated heterocycles. The van der Waals surface area contributed by atoms with E-state index in [1.54, 1.807) is 12.1 Å². The summed E-state index contributed by atoms with van der Waals surface area (Å²) in [4.78, 5) is 16.1. The molecule has 1 aliphatic carbocycles. The Hall–Kier alpha value is -3.16. The number of nitrogens with one attached hydrogen (secondary N) is 1. The van der Waals surface area contributed by atoms with Crippen molar-refractivity contribution in [1.82, 2.24) is 15.5 Å². The molecule has 1 N–H and O–H groups in total. The maximum Gasteiger partial charge on any atom is 0.292 e. The summed E-state index contributed by atoms with van der Waals surface area (Å²) in [5, 5.41) is 6.23. The molecule has 0 bridgehead atoms. The molecular formula is C19H14F3N3O2. The first kappa shape index (κ1) is 17.3. The van der Waals surface area contributed by atoms with Crippen molar-refractivity contribution in [2.75, 3.05) is 0 Å². The monoisotopic (exact) mass is 373 g/mol. The number of halogens is 3. The average molecular weight is 373 g/mol. The third kappa shape index (κ3) is 3.55. The minimum atomic E-state index is -0.612. The largest absolute Gasteiger partial charge is 0.345 e. The summed E-state index contributed by atoms with van der Waals surface area (Å²) in [6.45, 7) is 0.176. The van der Waals surface area contributed by atoms with E-state index >= 15 is 0 Å². The van der Waals surface area contributed by atoms with Gasteiger partial charge in [0.15, 0.2) is 0 Å². The van der Waals surface area contributed by atoms with E-state index in [1.165, 1.54) is 30.3 Å². The highest BCUT2D eigenvalue weighted by molar-refractivity contribution is 5.90. The molecule has 4 rings (SSSR count). The van der Waals surface area contributed by atoms with Crippen molar-refractivity contribution in [2.45, 2.75) is 24.8 Å². The van der Waals surface area contributed by atoms with Crippen LogP contribution in [0.25, 0.3) is 0 Å². The summed E-state index contributed by atoms with van der Waals surface area (Å²) < 4.78 is 45.7. The summed E-state index contributed by atoms with van der Waals surface area (Å²) in [5.41, 5.74) is 0.716. The molecule has 1 amide bonds. The molecule has 0 aliphatic heterocycles. The van der Waals surface area contributed by atoms with Crippen molar-refractivity contribution >= 4 is 5.91 Å². The summed E-state index contributed by atoms with van der Waals surface area (Å²) in [6, 6.07) is 9.41. The first-order chi connectivity index (χ1) is 13.0. The lowest BCUT2D eigenvalue weighted by atomic mass is 10.1. The standard InChI is InChI=1S/C19H14F3N3O2/c20-11-6-4-10(5-7-11)9-23-18(26)17-24-19(27-25-17)13-8-12(13)16-14(21)2-1-3-15(16)22/h1-7,12-13H,8-9H2,(H,23,26). The van der Waals surface area contributed by atoms with Crippen LogP contribution in [0.15, 0.2) is 47.0 Å². The van der Waals surface area contributed by atoms with Gasteiger partial charge < -0.3 is 9.84 Å². The van der Waals surface area contributed by atoms with Crippen LogP contribution in [0.1, 0.15) is 45.9 Å². The van der Waals surface area contributed by atoms with E-state index in [4.69, 9.17) is 4.52 Å². The maximum absolute atomic E-state index is 13.9. The van der Waals surface area contributed by atoms with Crippen LogP contribution in [0.3, 0.4) is 0 Å². The SMILES string of the molecule is O=C(NCc1ccc(F)cc1)c1noc(C2CC2c2c(F)cccc2F)n1. The van der Waals surface area contributed by atoms with Gasteiger partial charge in [0, 0.05) is 23.9 Å². The summed E-state index contributed by atoms with van der Waals surface area (Å²) in [7, 11) is 0. The van der Waals surface area contributed by atoms with Gasteiger partial charge in [0.2, 0.25) is 5.89 Å². The highest BCUT2D eigenvalue weighted by atomic mass is 19.1. The van der Waals surface area contributed by atoms with E-state index in [0.717, 1.165) is 0 Å². The van der Waals surface area contributed by atoms with Crippen molar-refractivity contribution in [3.05, 3.63) is 82.8 Å². The Balaban J connectivity index is 1.40. The summed E-state index contributed by atoms with van der Waals surface area (Å²) in [5.74, 6) is -2.83. The van der Waals surface area contributed by atoms with Crippen molar-refractivity contribution in [3.8, 4) is 0 Å². The number of aromatic nitrogens is 2. The molecule has 8 heteroatoms. The third-order valence-corrected chi connectivity index (χ3v) is 4.49. The van der Waals surface area contributed by atoms with Gasteiger partial charge in [-0.25, -0.2) is 13.2 Å². The predicted molar refractivity (Wildman–Crippen MR) is 88.3 cm³/mol. The van der Waals surface area contributed by atoms with Crippen LogP contribution in [0.4, 0.5) is 13.2 Å². The zero-order valence-corrected chi connectivity index (χ0v) is 14.0. The molecule has 0 radical (unpaired) electrons. The van der Waals surface area contributed by atoms with Gasteiger partial charge in [-0.2, -0.15) is 4.98 Å². The van der Waals surface area contributed by atoms with E-state index in [-0.39, 0.29) is 41.5 Å². The molecule has 0 spiro atoms. The first-order valence-electron chi connectivity index (χ1n) is 8.33. The quantitative estimate of drug-likeness (QED) is 0.741. The fourth-order valence-electron chi connectivity index (χ4n) is 2.99. The van der Waals surface area contributed by atoms with Gasteiger partial charge in [0.05, 0.1) is 0 Å². The van der Waals surface area contributed by atoms with Crippen molar-refractivity contribution in [3.63, 3.8) is 0 Å². The zero-order chi connectivity index (χ0) is 19.0. The molecule has 2 aromatic carbocycles. The van der Waals surface area contributed by atoms with Gasteiger partial charge >= 0.3 is 0 Å². The second kappa shape index (κ2) is 6.86. The van der Waals surface area contributed by atoms with Crippen LogP contribution < -0.4 is 5.32 Å². The van der Waals surface area contributed by atoms with Crippen LogP contribution in [0.5, 0.6) is 0 Å². The lowest BCUT2D eigenvalue weighted by molar-refractivity contribution is 0.0937. The van der Waals surface area contributed by atoms with E-state index in [0.29, 0.717) is 12.0 Å². The normalized spacial score (nSPS) is 18.3. The molecule has 2 atom stereocenters. The fraction of sp³-hybridized carbons (Fsp3) is 0.211. The van der Waals surface area contributed by atoms with Gasteiger partial charge in [-0.05, 0) is 36.2 Å². The number of carbonyl (C=O) groups excluding carboxylic acids is 1. The second-order valence-corrected chi connectivity index (χ2v) is 6.35. The van der Waals surface area contributed by atoms with Crippen molar-refractivity contribution < 1.29 is 22.5 Å². The van der Waals surface area contributed by atoms with Gasteiger partial charge in [0.25, 0.3) is 11.7 Å². The highest BCUT2D eigenvalue weighted by Crippen LogP contribution is 2.55. The van der Waals surface area contributed by atoms with E-state index in [2.05, 4.69) is 15.5 Å². The molecule has 1 saturated carbocycles. The number of nitrogens with zero attached hydrogens (tertiary/aromatic N) is 2. The van der Waals surface area contributed by atoms with E-state index in [1.807, 2.05) is 0 Å². The number of hydrogen-bond acceptors (Lipinski definition) is 4. The number of carbonyl (C=O) groups is 1. The lowest BCUT2D eigenvalue weighted by Gasteiger charge is -2.02. The minimum Gasteiger partial charge on any atom is -0.345 e. The number of hydrogen-bond donors (Lipinski definition) is 1. The topological polar surface area (TPSA) is 68.0 Å². The Morgan fingerprint density at radius 1 is 1.07 bits per heavy atom. The number of rotatable bonds is 5. The first-order valence-corrected chi connectivity index (χ1v) is 8.33. The molecule has 5 nitrogen and oxygen atoms in total. The maximum atomic E-state index is 13.9. The predicted octanol–water partition coefficient (Wildman–Crippen LogP) is 3.69. The Labute approximate surface area is 152 Å². The fourth-order valence-corrected chi connectivity index (χ4v) is 2.99. The highest BCUT2D eigenvalue weighted by Gasteiger charge is 2.46. The van der Waals surface area contributed by atoms with E-state index in [9.17, 15) is 18.0 Å². The number of amides is 1. The van der Waals surface area contributed by atoms with Gasteiger partial charge in [0.1, 0.15) is 17.5 Å². The molecule has 1 aromatic heterocycles. The molecule has 1 heterocycles. The smallest absolute Gasteiger partial charge is 0.292 e. The van der Waals surface area contributed by atoms with Crippen LogP contribution >= 0.6 is 0 Å². The lowest BCUT2D eigenvalue weighted by Crippen LogP contribution is -2.24. The molecule has 138 valence electrons. The molecule has 2 unspecified atom stereocenters. The van der Waals surface area contributed by atoms with Crippen LogP contribution in [0.2, 0.25) is 0 Å². The van der Waals surface area contributed by atoms with Crippen molar-refractivity contribution in [1.29, 1.82) is 0 Å². The minimum absolute atomic E-state index is 0.00279. The van der Waals surface area contributed by atoms with Crippen LogP contribution in [-0.4, -0.2) is 16.0 Å². The summed E-state index contributed by atoms with van der Waals surface area (Å²) >= 11 is 0. The van der Waals surface area contributed by atoms with Crippen molar-refractivity contribution in [2.24, 2.45) is 0 Å². The number of benzene rings is 2. The van der Waals surface area contributed by atoms with Gasteiger partial charge in [-0.15, -0.1) is 0 Å². The van der Waals surface area contributed by atoms with Crippen LogP contribution in [-0.2, 0) is 6.54 Å². The zero-order valence-electron chi connectivity index (χ0n) is 14.0. The van der Waals surface area contributed by atoms with Gasteiger partial charge in [-0.3, -0.25) is 4.79 Å². The molecule has 27 heavy (non-hydrogen) atoms. The van der Waals surface area contributed by atoms with Crippen LogP contribution in [0, 0.1) is 17.5 Å². The average Bonchev–Trinajstić information content (AvgIpc) is 3.26. The molecular weight excluding hydrogens is 359 g/mol. The Morgan fingerprint density at radius 2 is 1.78 bits per heavy atom. The van der Waals surface area contributed by atoms with E-state index < -0.39 is 17.5 Å². The molecule has 3 aromatic rings.